The normalized spacial score (nSPS) is 17.1. The lowest BCUT2D eigenvalue weighted by molar-refractivity contribution is 0.0940. The molecule has 1 aliphatic heterocycles. The lowest BCUT2D eigenvalue weighted by atomic mass is 10.1. The van der Waals surface area contributed by atoms with Crippen molar-refractivity contribution < 1.29 is 13.2 Å². The van der Waals surface area contributed by atoms with Gasteiger partial charge >= 0.3 is 0 Å². The quantitative estimate of drug-likeness (QED) is 0.726. The number of carbonyl (C=O) groups is 1. The Kier molecular flexibility index (Phi) is 4.39. The van der Waals surface area contributed by atoms with Crippen LogP contribution in [0, 0.1) is 0 Å². The molecule has 3 aromatic rings. The number of rotatable bonds is 4. The van der Waals surface area contributed by atoms with Gasteiger partial charge in [-0.15, -0.1) is 0 Å². The number of sulfonamides is 1. The first-order chi connectivity index (χ1) is 12.9. The number of amides is 1. The van der Waals surface area contributed by atoms with Gasteiger partial charge in [-0.1, -0.05) is 18.2 Å². The number of hydrogen-bond acceptors (Lipinski definition) is 3. The van der Waals surface area contributed by atoms with E-state index in [9.17, 15) is 13.2 Å². The van der Waals surface area contributed by atoms with Crippen LogP contribution in [0.3, 0.4) is 0 Å². The summed E-state index contributed by atoms with van der Waals surface area (Å²) in [5, 5.41) is 4.05. The SMILES string of the molecule is CC(NC(=O)c1ccc2cc[nH]c2c1)c1ccc(N2CCCS2(=O)=O)cc1. The molecule has 27 heavy (non-hydrogen) atoms. The highest BCUT2D eigenvalue weighted by Gasteiger charge is 2.28. The summed E-state index contributed by atoms with van der Waals surface area (Å²) in [4.78, 5) is 15.6. The van der Waals surface area contributed by atoms with Gasteiger partial charge in [0.1, 0.15) is 0 Å². The first kappa shape index (κ1) is 17.6. The monoisotopic (exact) mass is 383 g/mol. The van der Waals surface area contributed by atoms with Crippen molar-refractivity contribution in [2.45, 2.75) is 19.4 Å². The molecule has 0 aliphatic carbocycles. The van der Waals surface area contributed by atoms with Gasteiger partial charge in [0.05, 0.1) is 17.5 Å². The summed E-state index contributed by atoms with van der Waals surface area (Å²) in [7, 11) is -3.18. The number of benzene rings is 2. The van der Waals surface area contributed by atoms with E-state index in [0.29, 0.717) is 24.2 Å². The topological polar surface area (TPSA) is 82.3 Å². The van der Waals surface area contributed by atoms with Crippen LogP contribution in [-0.4, -0.2) is 31.6 Å². The molecule has 1 aliphatic rings. The number of hydrogen-bond donors (Lipinski definition) is 2. The third-order valence-electron chi connectivity index (χ3n) is 4.95. The fourth-order valence-corrected chi connectivity index (χ4v) is 4.98. The second kappa shape index (κ2) is 6.74. The van der Waals surface area contributed by atoms with Crippen LogP contribution in [-0.2, 0) is 10.0 Å². The van der Waals surface area contributed by atoms with Gasteiger partial charge in [0.25, 0.3) is 5.91 Å². The van der Waals surface area contributed by atoms with Crippen molar-refractivity contribution in [2.75, 3.05) is 16.6 Å². The van der Waals surface area contributed by atoms with Crippen LogP contribution in [0.25, 0.3) is 10.9 Å². The molecule has 1 atom stereocenters. The van der Waals surface area contributed by atoms with Crippen LogP contribution >= 0.6 is 0 Å². The summed E-state index contributed by atoms with van der Waals surface area (Å²) in [6.45, 7) is 2.43. The summed E-state index contributed by atoms with van der Waals surface area (Å²) in [5.41, 5.74) is 3.11. The first-order valence-corrected chi connectivity index (χ1v) is 10.5. The molecule has 0 bridgehead atoms. The van der Waals surface area contributed by atoms with E-state index in [1.54, 1.807) is 18.2 Å². The summed E-state index contributed by atoms with van der Waals surface area (Å²) < 4.78 is 25.5. The molecule has 4 rings (SSSR count). The van der Waals surface area contributed by atoms with Gasteiger partial charge in [-0.05, 0) is 54.6 Å². The molecule has 1 unspecified atom stereocenters. The van der Waals surface area contributed by atoms with Gasteiger partial charge in [0.2, 0.25) is 10.0 Å². The molecule has 0 radical (unpaired) electrons. The second-order valence-electron chi connectivity index (χ2n) is 6.81. The highest BCUT2D eigenvalue weighted by molar-refractivity contribution is 7.93. The van der Waals surface area contributed by atoms with Crippen LogP contribution in [0.15, 0.2) is 54.7 Å². The Balaban J connectivity index is 1.47. The molecule has 2 aromatic carbocycles. The van der Waals surface area contributed by atoms with Crippen molar-refractivity contribution in [2.24, 2.45) is 0 Å². The van der Waals surface area contributed by atoms with Crippen LogP contribution in [0.1, 0.15) is 35.3 Å². The molecule has 1 aromatic heterocycles. The van der Waals surface area contributed by atoms with E-state index in [2.05, 4.69) is 10.3 Å². The Morgan fingerprint density at radius 1 is 1.15 bits per heavy atom. The molecule has 1 saturated heterocycles. The standard InChI is InChI=1S/C20H21N3O3S/c1-14(22-20(24)17-4-3-16-9-10-21-19(16)13-17)15-5-7-18(8-6-15)23-11-2-12-27(23,25)26/h3-10,13-14,21H,2,11-12H2,1H3,(H,22,24). The maximum absolute atomic E-state index is 12.5. The largest absolute Gasteiger partial charge is 0.361 e. The fraction of sp³-hybridized carbons (Fsp3) is 0.250. The predicted molar refractivity (Wildman–Crippen MR) is 106 cm³/mol. The smallest absolute Gasteiger partial charge is 0.251 e. The average Bonchev–Trinajstić information content (AvgIpc) is 3.26. The Bertz CT molecular complexity index is 1090. The Morgan fingerprint density at radius 2 is 1.93 bits per heavy atom. The third-order valence-corrected chi connectivity index (χ3v) is 6.81. The fourth-order valence-electron chi connectivity index (χ4n) is 3.41. The molecule has 7 heteroatoms. The van der Waals surface area contributed by atoms with Crippen molar-refractivity contribution in [1.29, 1.82) is 0 Å². The molecule has 1 fully saturated rings. The number of nitrogens with zero attached hydrogens (tertiary/aromatic N) is 1. The summed E-state index contributed by atoms with van der Waals surface area (Å²) in [5.74, 6) is 0.0528. The van der Waals surface area contributed by atoms with Crippen LogP contribution < -0.4 is 9.62 Å². The minimum atomic E-state index is -3.18. The number of aromatic amines is 1. The predicted octanol–water partition coefficient (Wildman–Crippen LogP) is 3.20. The van der Waals surface area contributed by atoms with Crippen molar-refractivity contribution >= 4 is 32.5 Å². The lowest BCUT2D eigenvalue weighted by Gasteiger charge is -2.19. The number of carbonyl (C=O) groups excluding carboxylic acids is 1. The molecule has 2 heterocycles. The van der Waals surface area contributed by atoms with Gasteiger partial charge in [0.15, 0.2) is 0 Å². The summed E-state index contributed by atoms with van der Waals surface area (Å²) in [6.07, 6.45) is 2.50. The van der Waals surface area contributed by atoms with E-state index < -0.39 is 10.0 Å². The minimum Gasteiger partial charge on any atom is -0.361 e. The van der Waals surface area contributed by atoms with E-state index in [1.807, 2.05) is 43.5 Å². The van der Waals surface area contributed by atoms with E-state index in [0.717, 1.165) is 16.5 Å². The number of H-pyrrole nitrogens is 1. The van der Waals surface area contributed by atoms with Crippen molar-refractivity contribution in [3.05, 3.63) is 65.9 Å². The highest BCUT2D eigenvalue weighted by Crippen LogP contribution is 2.25. The van der Waals surface area contributed by atoms with Crippen molar-refractivity contribution in [1.82, 2.24) is 10.3 Å². The van der Waals surface area contributed by atoms with Crippen LogP contribution in [0.5, 0.6) is 0 Å². The zero-order valence-corrected chi connectivity index (χ0v) is 15.8. The minimum absolute atomic E-state index is 0.148. The van der Waals surface area contributed by atoms with E-state index in [1.165, 1.54) is 4.31 Å². The molecule has 0 saturated carbocycles. The Morgan fingerprint density at radius 3 is 2.63 bits per heavy atom. The van der Waals surface area contributed by atoms with Gasteiger partial charge in [-0.3, -0.25) is 9.10 Å². The van der Waals surface area contributed by atoms with Crippen molar-refractivity contribution in [3.8, 4) is 0 Å². The molecule has 0 spiro atoms. The lowest BCUT2D eigenvalue weighted by Crippen LogP contribution is -2.27. The zero-order chi connectivity index (χ0) is 19.0. The number of nitrogens with one attached hydrogen (secondary N) is 2. The van der Waals surface area contributed by atoms with Crippen LogP contribution in [0.2, 0.25) is 0 Å². The van der Waals surface area contributed by atoms with Gasteiger partial charge in [-0.2, -0.15) is 0 Å². The molecule has 6 nitrogen and oxygen atoms in total. The maximum Gasteiger partial charge on any atom is 0.251 e. The average molecular weight is 383 g/mol. The highest BCUT2D eigenvalue weighted by atomic mass is 32.2. The van der Waals surface area contributed by atoms with Gasteiger partial charge < -0.3 is 10.3 Å². The maximum atomic E-state index is 12.5. The van der Waals surface area contributed by atoms with E-state index >= 15 is 0 Å². The number of anilines is 1. The number of aromatic nitrogens is 1. The summed E-state index contributed by atoms with van der Waals surface area (Å²) >= 11 is 0. The molecule has 2 N–H and O–H groups in total. The molecule has 140 valence electrons. The molecular formula is C20H21N3O3S. The number of fused-ring (bicyclic) bond motifs is 1. The zero-order valence-electron chi connectivity index (χ0n) is 15.0. The summed E-state index contributed by atoms with van der Waals surface area (Å²) in [6, 6.07) is 14.6. The Labute approximate surface area is 158 Å². The van der Waals surface area contributed by atoms with Gasteiger partial charge in [0, 0.05) is 23.8 Å². The Hall–Kier alpha value is -2.80. The molecule has 1 amide bonds. The van der Waals surface area contributed by atoms with Gasteiger partial charge in [-0.25, -0.2) is 8.42 Å². The van der Waals surface area contributed by atoms with E-state index in [4.69, 9.17) is 0 Å². The second-order valence-corrected chi connectivity index (χ2v) is 8.82. The molecular weight excluding hydrogens is 362 g/mol. The van der Waals surface area contributed by atoms with E-state index in [-0.39, 0.29) is 17.7 Å². The first-order valence-electron chi connectivity index (χ1n) is 8.92. The third kappa shape index (κ3) is 3.42. The van der Waals surface area contributed by atoms with Crippen molar-refractivity contribution in [3.63, 3.8) is 0 Å². The van der Waals surface area contributed by atoms with Crippen LogP contribution in [0.4, 0.5) is 5.69 Å².